The van der Waals surface area contributed by atoms with Gasteiger partial charge in [0.15, 0.2) is 11.4 Å². The van der Waals surface area contributed by atoms with Gasteiger partial charge < -0.3 is 14.5 Å². The second-order valence-corrected chi connectivity index (χ2v) is 14.2. The summed E-state index contributed by atoms with van der Waals surface area (Å²) < 4.78 is 71.7. The van der Waals surface area contributed by atoms with Crippen LogP contribution in [0.1, 0.15) is 81.8 Å². The summed E-state index contributed by atoms with van der Waals surface area (Å²) >= 11 is 0. The van der Waals surface area contributed by atoms with Crippen LogP contribution in [0, 0.1) is 11.3 Å². The molecule has 1 amide bonds. The quantitative estimate of drug-likeness (QED) is 0.464. The van der Waals surface area contributed by atoms with E-state index in [0.717, 1.165) is 63.4 Å². The molecule has 9 nitrogen and oxygen atoms in total. The van der Waals surface area contributed by atoms with Crippen molar-refractivity contribution >= 4 is 27.3 Å². The maximum absolute atomic E-state index is 13.7. The van der Waals surface area contributed by atoms with E-state index in [2.05, 4.69) is 9.88 Å². The average Bonchev–Trinajstić information content (AvgIpc) is 3.60. The Labute approximate surface area is 230 Å². The fraction of sp³-hybridized carbons (Fsp3) is 0.667. The molecule has 13 heteroatoms. The lowest BCUT2D eigenvalue weighted by molar-refractivity contribution is -0.295. The monoisotopic (exact) mass is 582 g/mol. The van der Waals surface area contributed by atoms with Crippen LogP contribution in [-0.2, 0) is 20.2 Å². The van der Waals surface area contributed by atoms with Gasteiger partial charge in [-0.1, -0.05) is 11.2 Å². The molecule has 5 aliphatic carbocycles. The normalized spacial score (nSPS) is 32.0. The first-order valence-corrected chi connectivity index (χ1v) is 15.6. The molecule has 1 aromatic heterocycles. The highest BCUT2D eigenvalue weighted by molar-refractivity contribution is 7.92. The molecule has 0 saturated heterocycles. The van der Waals surface area contributed by atoms with E-state index in [1.807, 2.05) is 0 Å². The largest absolute Gasteiger partial charge is 0.417 e. The topological polar surface area (TPSA) is 126 Å². The summed E-state index contributed by atoms with van der Waals surface area (Å²) in [4.78, 5) is 19.9. The first kappa shape index (κ1) is 27.5. The average molecular weight is 583 g/mol. The number of carbonyl (C=O) groups is 1. The van der Waals surface area contributed by atoms with Crippen molar-refractivity contribution in [3.63, 3.8) is 0 Å². The minimum absolute atomic E-state index is 0.187. The molecule has 5 saturated carbocycles. The predicted octanol–water partition coefficient (Wildman–Crippen LogP) is 4.65. The molecule has 40 heavy (non-hydrogen) atoms. The van der Waals surface area contributed by atoms with Crippen LogP contribution in [0.4, 0.5) is 24.5 Å². The molecule has 5 aliphatic rings. The standard InChI is InChI=1S/C27H33F3N4O5S/c1-40(37,38)33-19-3-2-4-20(13-19)34(22(35)18-14-26(36,15-18)27(28,29)30)16-24-7-10-25(11-8-24,12-9-24)23-31-21(32-39-23)17-5-6-17/h2-4,13,17-18,33,36H,5-12,14-16H2,1H3. The number of benzene rings is 1. The van der Waals surface area contributed by atoms with Crippen LogP contribution in [0.15, 0.2) is 28.8 Å². The molecule has 2 bridgehead atoms. The van der Waals surface area contributed by atoms with E-state index < -0.39 is 46.5 Å². The van der Waals surface area contributed by atoms with Crippen molar-refractivity contribution in [2.45, 2.75) is 87.3 Å². The maximum Gasteiger partial charge on any atom is 0.417 e. The van der Waals surface area contributed by atoms with E-state index in [1.54, 1.807) is 18.2 Å². The Kier molecular flexibility index (Phi) is 6.30. The Balaban J connectivity index is 1.23. The number of hydrogen-bond donors (Lipinski definition) is 2. The molecule has 1 heterocycles. The third-order valence-electron chi connectivity index (χ3n) is 9.51. The van der Waals surface area contributed by atoms with Crippen LogP contribution >= 0.6 is 0 Å². The summed E-state index contributed by atoms with van der Waals surface area (Å²) in [6, 6.07) is 6.34. The minimum Gasteiger partial charge on any atom is -0.380 e. The van der Waals surface area contributed by atoms with Crippen LogP contribution < -0.4 is 9.62 Å². The summed E-state index contributed by atoms with van der Waals surface area (Å²) in [6.45, 7) is 0.294. The highest BCUT2D eigenvalue weighted by atomic mass is 32.2. The Morgan fingerprint density at radius 1 is 1.15 bits per heavy atom. The number of aliphatic hydroxyl groups is 1. The lowest BCUT2D eigenvalue weighted by Crippen LogP contribution is -2.60. The predicted molar refractivity (Wildman–Crippen MR) is 139 cm³/mol. The number of nitrogens with one attached hydrogen (secondary N) is 1. The molecule has 5 fully saturated rings. The van der Waals surface area contributed by atoms with Crippen LogP contribution in [0.3, 0.4) is 0 Å². The molecule has 0 aliphatic heterocycles. The van der Waals surface area contributed by atoms with E-state index in [0.29, 0.717) is 24.0 Å². The summed E-state index contributed by atoms with van der Waals surface area (Å²) in [5.74, 6) is 0.393. The number of anilines is 2. The molecule has 2 N–H and O–H groups in total. The zero-order valence-corrected chi connectivity index (χ0v) is 23.0. The Hall–Kier alpha value is -2.67. The van der Waals surface area contributed by atoms with Crippen molar-refractivity contribution in [1.82, 2.24) is 10.1 Å². The molecule has 0 spiro atoms. The number of hydrogen-bond acceptors (Lipinski definition) is 7. The summed E-state index contributed by atoms with van der Waals surface area (Å²) in [5.41, 5.74) is -2.64. The first-order valence-electron chi connectivity index (χ1n) is 13.7. The molecule has 7 rings (SSSR count). The van der Waals surface area contributed by atoms with E-state index in [-0.39, 0.29) is 16.5 Å². The van der Waals surface area contributed by atoms with Crippen molar-refractivity contribution < 1.29 is 36.0 Å². The number of halogens is 3. The molecule has 2 aromatic rings. The SMILES string of the molecule is CS(=O)(=O)Nc1cccc(N(CC23CCC(c4nc(C5CC5)no4)(CC2)CC3)C(=O)C2CC(O)(C(F)(F)F)C2)c1. The molecule has 0 unspecified atom stereocenters. The lowest BCUT2D eigenvalue weighted by Gasteiger charge is -2.53. The van der Waals surface area contributed by atoms with Crippen LogP contribution in [0.5, 0.6) is 0 Å². The summed E-state index contributed by atoms with van der Waals surface area (Å²) in [7, 11) is -3.58. The van der Waals surface area contributed by atoms with E-state index in [1.165, 1.54) is 11.0 Å². The third kappa shape index (κ3) is 4.99. The van der Waals surface area contributed by atoms with Gasteiger partial charge in [-0.2, -0.15) is 18.2 Å². The lowest BCUT2D eigenvalue weighted by atomic mass is 9.53. The van der Waals surface area contributed by atoms with Crippen LogP contribution in [0.25, 0.3) is 0 Å². The van der Waals surface area contributed by atoms with E-state index in [9.17, 15) is 31.5 Å². The number of nitrogens with zero attached hydrogens (tertiary/aromatic N) is 3. The summed E-state index contributed by atoms with van der Waals surface area (Å²) in [5, 5.41) is 14.2. The number of carbonyl (C=O) groups excluding carboxylic acids is 1. The Morgan fingerprint density at radius 2 is 1.80 bits per heavy atom. The van der Waals surface area contributed by atoms with Gasteiger partial charge >= 0.3 is 6.18 Å². The number of rotatable bonds is 8. The molecular weight excluding hydrogens is 549 g/mol. The van der Waals surface area contributed by atoms with E-state index >= 15 is 0 Å². The third-order valence-corrected chi connectivity index (χ3v) is 10.1. The van der Waals surface area contributed by atoms with Crippen molar-refractivity contribution in [1.29, 1.82) is 0 Å². The highest BCUT2D eigenvalue weighted by Crippen LogP contribution is 2.58. The number of amides is 1. The smallest absolute Gasteiger partial charge is 0.380 e. The van der Waals surface area contributed by atoms with Crippen molar-refractivity contribution in [3.8, 4) is 0 Å². The van der Waals surface area contributed by atoms with Gasteiger partial charge in [0.05, 0.1) is 11.9 Å². The molecule has 0 atom stereocenters. The van der Waals surface area contributed by atoms with Gasteiger partial charge in [0.1, 0.15) is 0 Å². The first-order chi connectivity index (χ1) is 18.7. The van der Waals surface area contributed by atoms with Gasteiger partial charge in [0, 0.05) is 29.5 Å². The fourth-order valence-corrected chi connectivity index (χ4v) is 7.30. The van der Waals surface area contributed by atoms with Crippen LogP contribution in [-0.4, -0.2) is 54.2 Å². The zero-order chi connectivity index (χ0) is 28.6. The van der Waals surface area contributed by atoms with Gasteiger partial charge in [0.25, 0.3) is 0 Å². The van der Waals surface area contributed by atoms with Gasteiger partial charge in [-0.25, -0.2) is 8.42 Å². The number of sulfonamides is 1. The molecule has 0 radical (unpaired) electrons. The highest BCUT2D eigenvalue weighted by Gasteiger charge is 2.63. The van der Waals surface area contributed by atoms with Gasteiger partial charge in [-0.3, -0.25) is 9.52 Å². The van der Waals surface area contributed by atoms with Gasteiger partial charge in [-0.05, 0) is 87.8 Å². The van der Waals surface area contributed by atoms with Crippen molar-refractivity contribution in [2.24, 2.45) is 11.3 Å². The molecule has 1 aromatic carbocycles. The zero-order valence-electron chi connectivity index (χ0n) is 22.2. The maximum atomic E-state index is 13.7. The number of alkyl halides is 3. The van der Waals surface area contributed by atoms with E-state index in [4.69, 9.17) is 9.51 Å². The second kappa shape index (κ2) is 9.17. The van der Waals surface area contributed by atoms with Crippen molar-refractivity contribution in [2.75, 3.05) is 22.4 Å². The molecule has 218 valence electrons. The number of fused-ring (bicyclic) bond motifs is 3. The number of aromatic nitrogens is 2. The summed E-state index contributed by atoms with van der Waals surface area (Å²) in [6.07, 6.45) is 1.80. The Bertz CT molecular complexity index is 1390. The fourth-order valence-electron chi connectivity index (χ4n) is 6.74. The molecular formula is C27H33F3N4O5S. The Morgan fingerprint density at radius 3 is 2.38 bits per heavy atom. The van der Waals surface area contributed by atoms with Crippen LogP contribution in [0.2, 0.25) is 0 Å². The van der Waals surface area contributed by atoms with Gasteiger partial charge in [-0.15, -0.1) is 0 Å². The van der Waals surface area contributed by atoms with Crippen molar-refractivity contribution in [3.05, 3.63) is 36.0 Å². The minimum atomic E-state index is -4.81. The second-order valence-electron chi connectivity index (χ2n) is 12.5. The van der Waals surface area contributed by atoms with Gasteiger partial charge in [0.2, 0.25) is 21.8 Å².